The monoisotopic (exact) mass is 653 g/mol. The Labute approximate surface area is 278 Å². The molecule has 9 nitrogen and oxygen atoms in total. The first-order valence-corrected chi connectivity index (χ1v) is 19.2. The van der Waals surface area contributed by atoms with Crippen LogP contribution in [0.2, 0.25) is 0 Å². The zero-order valence-corrected chi connectivity index (χ0v) is 30.1. The van der Waals surface area contributed by atoms with Crippen molar-refractivity contribution in [3.63, 3.8) is 0 Å². The molecule has 0 saturated carbocycles. The quantitative estimate of drug-likeness (QED) is 0.220. The Morgan fingerprint density at radius 3 is 2.46 bits per heavy atom. The van der Waals surface area contributed by atoms with Gasteiger partial charge in [0.1, 0.15) is 17.6 Å². The van der Waals surface area contributed by atoms with Crippen molar-refractivity contribution in [3.8, 4) is 11.8 Å². The van der Waals surface area contributed by atoms with E-state index in [2.05, 4.69) is 89.3 Å². The van der Waals surface area contributed by atoms with Crippen LogP contribution in [-0.4, -0.2) is 89.1 Å². The minimum atomic E-state index is -1.07. The van der Waals surface area contributed by atoms with Gasteiger partial charge in [-0.15, -0.1) is 10.3 Å². The van der Waals surface area contributed by atoms with E-state index in [-0.39, 0.29) is 17.1 Å². The molecule has 2 saturated heterocycles. The van der Waals surface area contributed by atoms with Gasteiger partial charge in [-0.25, -0.2) is 4.98 Å². The third-order valence-corrected chi connectivity index (χ3v) is 12.4. The van der Waals surface area contributed by atoms with E-state index in [1.807, 2.05) is 37.6 Å². The van der Waals surface area contributed by atoms with Crippen LogP contribution >= 0.6 is 10.3 Å². The fourth-order valence-electron chi connectivity index (χ4n) is 5.21. The highest BCUT2D eigenvalue weighted by Gasteiger charge is 2.29. The molecule has 254 valence electrons. The summed E-state index contributed by atoms with van der Waals surface area (Å²) in [6.07, 6.45) is 11.1. The molecule has 0 amide bonds. The summed E-state index contributed by atoms with van der Waals surface area (Å²) in [7, 11) is -1.07. The van der Waals surface area contributed by atoms with E-state index in [0.29, 0.717) is 12.3 Å². The number of imidazole rings is 1. The predicted molar refractivity (Wildman–Crippen MR) is 188 cm³/mol. The van der Waals surface area contributed by atoms with Gasteiger partial charge in [-0.2, -0.15) is 0 Å². The first-order valence-electron chi connectivity index (χ1n) is 16.8. The van der Waals surface area contributed by atoms with Crippen molar-refractivity contribution < 1.29 is 18.2 Å². The van der Waals surface area contributed by atoms with Crippen LogP contribution in [0.15, 0.2) is 47.2 Å². The smallest absolute Gasteiger partial charge is 0.210 e. The van der Waals surface area contributed by atoms with E-state index >= 15 is 0 Å². The van der Waals surface area contributed by atoms with Crippen molar-refractivity contribution in [3.05, 3.63) is 65.6 Å². The molecule has 0 spiro atoms. The number of rotatable bonds is 10. The van der Waals surface area contributed by atoms with Crippen LogP contribution in [-0.2, 0) is 20.2 Å². The molecule has 2 fully saturated rings. The van der Waals surface area contributed by atoms with Gasteiger partial charge in [0.05, 0.1) is 13.2 Å². The van der Waals surface area contributed by atoms with Crippen LogP contribution < -0.4 is 4.90 Å². The van der Waals surface area contributed by atoms with Crippen LogP contribution in [0.3, 0.4) is 0 Å². The minimum Gasteiger partial charge on any atom is -0.369 e. The van der Waals surface area contributed by atoms with Crippen molar-refractivity contribution in [1.82, 2.24) is 19.6 Å². The maximum atomic E-state index is 6.33. The molecule has 2 aliphatic heterocycles. The van der Waals surface area contributed by atoms with Crippen LogP contribution in [0, 0.1) is 11.8 Å². The number of aromatic nitrogens is 3. The van der Waals surface area contributed by atoms with Crippen molar-refractivity contribution in [2.24, 2.45) is 0 Å². The third kappa shape index (κ3) is 10.1. The van der Waals surface area contributed by atoms with Crippen molar-refractivity contribution in [2.75, 3.05) is 63.3 Å². The molecule has 0 N–H and O–H groups in total. The zero-order chi connectivity index (χ0) is 33.2. The predicted octanol–water partition coefficient (Wildman–Crippen LogP) is 6.87. The number of ether oxygens (including phenoxy) is 2. The van der Waals surface area contributed by atoms with Gasteiger partial charge in [-0.3, -0.25) is 4.90 Å². The molecular weight excluding hydrogens is 598 g/mol. The number of benzene rings is 1. The van der Waals surface area contributed by atoms with Gasteiger partial charge in [-0.05, 0) is 68.9 Å². The fourth-order valence-corrected chi connectivity index (χ4v) is 6.05. The highest BCUT2D eigenvalue weighted by atomic mass is 32.3. The average molecular weight is 654 g/mol. The first-order chi connectivity index (χ1) is 22.1. The topological polar surface area (TPSA) is 78.0 Å². The molecule has 2 atom stereocenters. The maximum Gasteiger partial charge on any atom is 0.210 e. The summed E-state index contributed by atoms with van der Waals surface area (Å²) in [4.78, 5) is 9.47. The lowest BCUT2D eigenvalue weighted by molar-refractivity contribution is -0.188. The SMILES string of the molecule is CC.C[C@H](OC1CCCCO1)c1nccn1Cc1cc(C#Cc2ccc(N3CCN(CCOS(C)(C)C(C)(C)C)CC3)cc2)on1. The largest absolute Gasteiger partial charge is 0.369 e. The molecule has 0 aliphatic carbocycles. The summed E-state index contributed by atoms with van der Waals surface area (Å²) >= 11 is 0. The minimum absolute atomic E-state index is 0.167. The van der Waals surface area contributed by atoms with E-state index < -0.39 is 10.3 Å². The lowest BCUT2D eigenvalue weighted by Crippen LogP contribution is -2.47. The molecule has 2 aromatic heterocycles. The molecule has 46 heavy (non-hydrogen) atoms. The van der Waals surface area contributed by atoms with Crippen LogP contribution in [0.1, 0.15) is 89.8 Å². The molecule has 0 bridgehead atoms. The molecule has 5 rings (SSSR count). The van der Waals surface area contributed by atoms with Crippen molar-refractivity contribution in [2.45, 2.75) is 84.5 Å². The van der Waals surface area contributed by atoms with E-state index in [0.717, 1.165) is 82.3 Å². The molecule has 3 aromatic rings. The Kier molecular flexibility index (Phi) is 13.2. The highest BCUT2D eigenvalue weighted by molar-refractivity contribution is 8.29. The lowest BCUT2D eigenvalue weighted by atomic mass is 10.1. The van der Waals surface area contributed by atoms with Crippen LogP contribution in [0.5, 0.6) is 0 Å². The second-order valence-corrected chi connectivity index (χ2v) is 16.9. The maximum absolute atomic E-state index is 6.33. The Bertz CT molecular complexity index is 1390. The van der Waals surface area contributed by atoms with Gasteiger partial charge >= 0.3 is 0 Å². The average Bonchev–Trinajstić information content (AvgIpc) is 3.71. The summed E-state index contributed by atoms with van der Waals surface area (Å²) in [5.74, 6) is 7.72. The lowest BCUT2D eigenvalue weighted by Gasteiger charge is -2.44. The molecule has 4 heterocycles. The number of hydrogen-bond acceptors (Lipinski definition) is 8. The van der Waals surface area contributed by atoms with E-state index in [1.54, 1.807) is 6.20 Å². The summed E-state index contributed by atoms with van der Waals surface area (Å²) in [6.45, 7) is 20.0. The Morgan fingerprint density at radius 2 is 1.78 bits per heavy atom. The Hall–Kier alpha value is -2.81. The third-order valence-electron chi connectivity index (χ3n) is 8.69. The standard InChI is InChI=1S/C34H49N5O4S.C2H6/c1-27(42-32-9-7-8-23-40-32)33-35-16-17-39(33)26-29-25-31(43-36-29)15-12-28-10-13-30(14-11-28)38-20-18-37(19-21-38)22-24-41-44(5,6)34(2,3)4;1-2/h10-11,13-14,16-17,25,27,32H,7-9,18-24,26H2,1-6H3;1-2H3/t27-,32?;/m0./s1. The molecule has 0 radical (unpaired) electrons. The van der Waals surface area contributed by atoms with Crippen molar-refractivity contribution >= 4 is 16.0 Å². The molecular formula is C36H55N5O4S. The molecule has 10 heteroatoms. The number of anilines is 1. The number of nitrogens with zero attached hydrogens (tertiary/aromatic N) is 5. The summed E-state index contributed by atoms with van der Waals surface area (Å²) in [5, 5.41) is 4.23. The van der Waals surface area contributed by atoms with Crippen LogP contribution in [0.25, 0.3) is 0 Å². The molecule has 1 unspecified atom stereocenters. The second-order valence-electron chi connectivity index (χ2n) is 13.0. The highest BCUT2D eigenvalue weighted by Crippen LogP contribution is 2.53. The van der Waals surface area contributed by atoms with Gasteiger partial charge in [0.25, 0.3) is 0 Å². The summed E-state index contributed by atoms with van der Waals surface area (Å²) in [6, 6.07) is 10.4. The first kappa shape index (κ1) is 36.0. The summed E-state index contributed by atoms with van der Waals surface area (Å²) in [5.41, 5.74) is 2.96. The zero-order valence-electron chi connectivity index (χ0n) is 29.3. The van der Waals surface area contributed by atoms with Crippen molar-refractivity contribution in [1.29, 1.82) is 0 Å². The van der Waals surface area contributed by atoms with Gasteiger partial charge in [-0.1, -0.05) is 45.7 Å². The fraction of sp³-hybridized carbons (Fsp3) is 0.611. The van der Waals surface area contributed by atoms with Crippen LogP contribution in [0.4, 0.5) is 5.69 Å². The van der Waals surface area contributed by atoms with Gasteiger partial charge in [0, 0.05) is 73.8 Å². The summed E-state index contributed by atoms with van der Waals surface area (Å²) < 4.78 is 25.9. The van der Waals surface area contributed by atoms with E-state index in [9.17, 15) is 0 Å². The molecule has 1 aromatic carbocycles. The Morgan fingerprint density at radius 1 is 1.04 bits per heavy atom. The van der Waals surface area contributed by atoms with Gasteiger partial charge < -0.3 is 27.6 Å². The van der Waals surface area contributed by atoms with E-state index in [4.69, 9.17) is 18.2 Å². The number of piperazine rings is 1. The number of hydrogen-bond donors (Lipinski definition) is 0. The Balaban J connectivity index is 0.00000235. The van der Waals surface area contributed by atoms with Gasteiger partial charge in [0.2, 0.25) is 5.76 Å². The normalized spacial score (nSPS) is 18.7. The second kappa shape index (κ2) is 16.8. The molecule has 2 aliphatic rings. The van der Waals surface area contributed by atoms with E-state index in [1.165, 1.54) is 5.69 Å². The van der Waals surface area contributed by atoms with Gasteiger partial charge in [0.15, 0.2) is 6.29 Å².